The van der Waals surface area contributed by atoms with Crippen molar-refractivity contribution in [2.45, 2.75) is 50.7 Å². The molecule has 1 aliphatic heterocycles. The number of carbonyl (C=O) groups excluding carboxylic acids is 1. The summed E-state index contributed by atoms with van der Waals surface area (Å²) < 4.78 is 12.3. The third-order valence-electron chi connectivity index (χ3n) is 7.63. The number of fused-ring (bicyclic) bond motifs is 3. The number of esters is 1. The van der Waals surface area contributed by atoms with Crippen molar-refractivity contribution < 1.29 is 14.0 Å². The largest absolute Gasteiger partial charge is 0.468 e. The van der Waals surface area contributed by atoms with Crippen LogP contribution < -0.4 is 15.7 Å². The molecular formula is C31H36N2O3Si. The minimum atomic E-state index is -2.63. The van der Waals surface area contributed by atoms with Crippen molar-refractivity contribution in [1.29, 1.82) is 0 Å². The van der Waals surface area contributed by atoms with Crippen molar-refractivity contribution in [3.63, 3.8) is 0 Å². The highest BCUT2D eigenvalue weighted by Crippen LogP contribution is 2.38. The predicted octanol–water partition coefficient (Wildman–Crippen LogP) is 4.86. The van der Waals surface area contributed by atoms with Gasteiger partial charge in [-0.2, -0.15) is 0 Å². The Balaban J connectivity index is 1.49. The number of aromatic amines is 1. The van der Waals surface area contributed by atoms with Gasteiger partial charge in [0, 0.05) is 29.6 Å². The number of para-hydroxylation sites is 1. The highest BCUT2D eigenvalue weighted by atomic mass is 28.4. The van der Waals surface area contributed by atoms with Crippen LogP contribution in [0.15, 0.2) is 84.9 Å². The molecule has 2 atom stereocenters. The fourth-order valence-corrected chi connectivity index (χ4v) is 10.5. The van der Waals surface area contributed by atoms with E-state index in [0.717, 1.165) is 17.6 Å². The minimum absolute atomic E-state index is 0.0431. The molecular weight excluding hydrogens is 476 g/mol. The molecule has 2 heterocycles. The van der Waals surface area contributed by atoms with Gasteiger partial charge in [-0.1, -0.05) is 99.6 Å². The van der Waals surface area contributed by atoms with Crippen LogP contribution in [-0.2, 0) is 20.4 Å². The molecule has 6 heteroatoms. The number of rotatable bonds is 7. The molecule has 1 aromatic heterocycles. The minimum Gasteiger partial charge on any atom is -0.468 e. The van der Waals surface area contributed by atoms with Crippen LogP contribution in [0.25, 0.3) is 10.9 Å². The van der Waals surface area contributed by atoms with Gasteiger partial charge < -0.3 is 14.1 Å². The SMILES string of the molecule is COC(=O)[C@@H]1Cc2c([nH]c3ccccc23)[C@@H](CCO[Si](c2ccccc2)(c2ccccc2)C(C)(C)C)N1. The zero-order chi connectivity index (χ0) is 26.0. The lowest BCUT2D eigenvalue weighted by molar-refractivity contribution is -0.143. The summed E-state index contributed by atoms with van der Waals surface area (Å²) in [4.78, 5) is 16.2. The van der Waals surface area contributed by atoms with Crippen LogP contribution in [0.4, 0.5) is 0 Å². The lowest BCUT2D eigenvalue weighted by atomic mass is 9.92. The third kappa shape index (κ3) is 4.65. The first-order chi connectivity index (χ1) is 17.8. The van der Waals surface area contributed by atoms with Gasteiger partial charge in [0.25, 0.3) is 8.32 Å². The van der Waals surface area contributed by atoms with Crippen molar-refractivity contribution >= 4 is 35.6 Å². The van der Waals surface area contributed by atoms with Crippen molar-refractivity contribution in [2.75, 3.05) is 13.7 Å². The van der Waals surface area contributed by atoms with E-state index in [4.69, 9.17) is 9.16 Å². The monoisotopic (exact) mass is 512 g/mol. The van der Waals surface area contributed by atoms with Gasteiger partial charge in [0.05, 0.1) is 13.2 Å². The van der Waals surface area contributed by atoms with E-state index in [2.05, 4.69) is 104 Å². The molecule has 0 saturated carbocycles. The summed E-state index contributed by atoms with van der Waals surface area (Å²) in [5, 5.41) is 7.18. The number of aromatic nitrogens is 1. The van der Waals surface area contributed by atoms with Gasteiger partial charge in [-0.15, -0.1) is 0 Å². The van der Waals surface area contributed by atoms with Crippen LogP contribution in [-0.4, -0.2) is 39.0 Å². The Hall–Kier alpha value is -3.19. The first-order valence-corrected chi connectivity index (χ1v) is 14.9. The molecule has 0 saturated heterocycles. The average Bonchev–Trinajstić information content (AvgIpc) is 3.30. The van der Waals surface area contributed by atoms with Crippen molar-refractivity contribution in [1.82, 2.24) is 10.3 Å². The van der Waals surface area contributed by atoms with Gasteiger partial charge in [0.15, 0.2) is 0 Å². The lowest BCUT2D eigenvalue weighted by Gasteiger charge is -2.43. The Morgan fingerprint density at radius 3 is 2.11 bits per heavy atom. The maximum atomic E-state index is 12.6. The molecule has 37 heavy (non-hydrogen) atoms. The lowest BCUT2D eigenvalue weighted by Crippen LogP contribution is -2.66. The van der Waals surface area contributed by atoms with Crippen molar-refractivity contribution in [3.8, 4) is 0 Å². The Labute approximate surface area is 220 Å². The normalized spacial score (nSPS) is 17.9. The molecule has 2 N–H and O–H groups in total. The summed E-state index contributed by atoms with van der Waals surface area (Å²) in [5.41, 5.74) is 3.44. The number of carbonyl (C=O) groups is 1. The fourth-order valence-electron chi connectivity index (χ4n) is 5.94. The molecule has 0 bridgehead atoms. The molecule has 0 aliphatic carbocycles. The number of hydrogen-bond acceptors (Lipinski definition) is 4. The second kappa shape index (κ2) is 10.3. The van der Waals surface area contributed by atoms with Crippen molar-refractivity contribution in [3.05, 3.63) is 96.2 Å². The molecule has 0 unspecified atom stereocenters. The highest BCUT2D eigenvalue weighted by molar-refractivity contribution is 6.99. The van der Waals surface area contributed by atoms with Crippen LogP contribution in [0, 0.1) is 0 Å². The van der Waals surface area contributed by atoms with Gasteiger partial charge >= 0.3 is 5.97 Å². The molecule has 1 aliphatic rings. The van der Waals surface area contributed by atoms with Gasteiger partial charge in [-0.3, -0.25) is 10.1 Å². The quantitative estimate of drug-likeness (QED) is 0.274. The van der Waals surface area contributed by atoms with E-state index in [1.807, 2.05) is 12.1 Å². The summed E-state index contributed by atoms with van der Waals surface area (Å²) in [6.45, 7) is 7.44. The third-order valence-corrected chi connectivity index (χ3v) is 12.7. The van der Waals surface area contributed by atoms with Gasteiger partial charge in [0.1, 0.15) is 6.04 Å². The smallest absolute Gasteiger partial charge is 0.323 e. The molecule has 192 valence electrons. The molecule has 0 amide bonds. The molecule has 3 aromatic carbocycles. The molecule has 5 rings (SSSR count). The average molecular weight is 513 g/mol. The summed E-state index contributed by atoms with van der Waals surface area (Å²) in [7, 11) is -1.18. The maximum absolute atomic E-state index is 12.6. The summed E-state index contributed by atoms with van der Waals surface area (Å²) >= 11 is 0. The number of methoxy groups -OCH3 is 1. The van der Waals surface area contributed by atoms with Crippen LogP contribution in [0.2, 0.25) is 5.04 Å². The highest BCUT2D eigenvalue weighted by Gasteiger charge is 2.50. The number of benzene rings is 3. The van der Waals surface area contributed by atoms with Crippen molar-refractivity contribution in [2.24, 2.45) is 0 Å². The molecule has 0 spiro atoms. The number of ether oxygens (including phenoxy) is 1. The summed E-state index contributed by atoms with van der Waals surface area (Å²) in [5.74, 6) is -0.228. The number of H-pyrrole nitrogens is 1. The zero-order valence-corrected chi connectivity index (χ0v) is 23.1. The molecule has 4 aromatic rings. The Morgan fingerprint density at radius 1 is 0.919 bits per heavy atom. The second-order valence-corrected chi connectivity index (χ2v) is 15.2. The Kier molecular flexibility index (Phi) is 7.08. The Morgan fingerprint density at radius 2 is 1.51 bits per heavy atom. The number of hydrogen-bond donors (Lipinski definition) is 2. The zero-order valence-electron chi connectivity index (χ0n) is 22.1. The number of nitrogens with one attached hydrogen (secondary N) is 2. The summed E-state index contributed by atoms with van der Waals surface area (Å²) in [6.07, 6.45) is 1.34. The first-order valence-electron chi connectivity index (χ1n) is 13.0. The van der Waals surface area contributed by atoms with E-state index in [0.29, 0.717) is 13.0 Å². The standard InChI is InChI=1S/C31H36N2O3Si/c1-31(2,3)37(22-13-7-5-8-14-22,23-15-9-6-10-16-23)36-20-19-27-29-25(21-28(32-27)30(34)35-4)24-17-11-12-18-26(24)33-29/h5-18,27-28,32-33H,19-21H2,1-4H3/t27-,28+/m1/s1. The van der Waals surface area contributed by atoms with E-state index in [9.17, 15) is 4.79 Å². The Bertz CT molecular complexity index is 1320. The van der Waals surface area contributed by atoms with Crippen LogP contribution in [0.5, 0.6) is 0 Å². The van der Waals surface area contributed by atoms with Gasteiger partial charge in [-0.25, -0.2) is 0 Å². The molecule has 5 nitrogen and oxygen atoms in total. The maximum Gasteiger partial charge on any atom is 0.323 e. The topological polar surface area (TPSA) is 63.4 Å². The first kappa shape index (κ1) is 25.5. The fraction of sp³-hybridized carbons (Fsp3) is 0.323. The van der Waals surface area contributed by atoms with E-state index >= 15 is 0 Å². The van der Waals surface area contributed by atoms with Gasteiger partial charge in [0.2, 0.25) is 0 Å². The molecule has 0 radical (unpaired) electrons. The van der Waals surface area contributed by atoms with E-state index < -0.39 is 8.32 Å². The van der Waals surface area contributed by atoms with Crippen LogP contribution >= 0.6 is 0 Å². The predicted molar refractivity (Wildman–Crippen MR) is 152 cm³/mol. The molecule has 0 fully saturated rings. The van der Waals surface area contributed by atoms with E-state index in [1.165, 1.54) is 28.4 Å². The summed E-state index contributed by atoms with van der Waals surface area (Å²) in [6, 6.07) is 29.3. The second-order valence-electron chi connectivity index (χ2n) is 10.9. The van der Waals surface area contributed by atoms with E-state index in [-0.39, 0.29) is 23.1 Å². The van der Waals surface area contributed by atoms with E-state index in [1.54, 1.807) is 0 Å². The van der Waals surface area contributed by atoms with Gasteiger partial charge in [-0.05, 0) is 33.5 Å². The van der Waals surface area contributed by atoms with Crippen LogP contribution in [0.3, 0.4) is 0 Å². The van der Waals surface area contributed by atoms with Crippen LogP contribution in [0.1, 0.15) is 44.5 Å².